The van der Waals surface area contributed by atoms with Gasteiger partial charge in [0.15, 0.2) is 5.16 Å². The van der Waals surface area contributed by atoms with Crippen LogP contribution < -0.4 is 0 Å². The molecule has 4 nitrogen and oxygen atoms in total. The van der Waals surface area contributed by atoms with Gasteiger partial charge in [-0.05, 0) is 37.2 Å². The monoisotopic (exact) mass is 267 g/mol. The summed E-state index contributed by atoms with van der Waals surface area (Å²) in [5.74, 6) is 0.395. The zero-order valence-corrected chi connectivity index (χ0v) is 11.2. The molecule has 0 amide bonds. The Hall–Kier alpha value is -1.40. The summed E-state index contributed by atoms with van der Waals surface area (Å²) < 4.78 is 15.6. The molecular formula is C12H14FN3OS. The smallest absolute Gasteiger partial charge is 0.195 e. The number of nitrogens with zero attached hydrogens (tertiary/aromatic N) is 3. The van der Waals surface area contributed by atoms with E-state index in [1.807, 2.05) is 14.0 Å². The molecule has 96 valence electrons. The van der Waals surface area contributed by atoms with Crippen LogP contribution in [0.15, 0.2) is 28.3 Å². The van der Waals surface area contributed by atoms with Gasteiger partial charge in [0.1, 0.15) is 11.6 Å². The number of hydrogen-bond acceptors (Lipinski definition) is 4. The summed E-state index contributed by atoms with van der Waals surface area (Å²) in [5.41, 5.74) is 0.556. The molecule has 0 spiro atoms. The first-order valence-corrected chi connectivity index (χ1v) is 6.32. The lowest BCUT2D eigenvalue weighted by molar-refractivity contribution is 0.195. The van der Waals surface area contributed by atoms with Crippen LogP contribution in [-0.2, 0) is 7.05 Å². The van der Waals surface area contributed by atoms with Crippen molar-refractivity contribution in [2.45, 2.75) is 30.0 Å². The van der Waals surface area contributed by atoms with Crippen molar-refractivity contribution < 1.29 is 9.50 Å². The van der Waals surface area contributed by atoms with Gasteiger partial charge >= 0.3 is 0 Å². The van der Waals surface area contributed by atoms with Gasteiger partial charge in [0.25, 0.3) is 0 Å². The molecule has 1 heterocycles. The number of halogens is 1. The van der Waals surface area contributed by atoms with E-state index in [9.17, 15) is 9.50 Å². The zero-order chi connectivity index (χ0) is 13.3. The fourth-order valence-corrected chi connectivity index (χ4v) is 2.59. The highest BCUT2D eigenvalue weighted by atomic mass is 32.2. The standard InChI is InChI=1S/C12H14FN3OS/c1-7(17)9-5-4-6-10(13)11(9)18-12-15-14-8(2)16(12)3/h4-7,17H,1-3H3. The van der Waals surface area contributed by atoms with Gasteiger partial charge in [0, 0.05) is 7.05 Å². The van der Waals surface area contributed by atoms with E-state index in [0.717, 1.165) is 5.82 Å². The van der Waals surface area contributed by atoms with Gasteiger partial charge in [-0.1, -0.05) is 12.1 Å². The van der Waals surface area contributed by atoms with Crippen molar-refractivity contribution in [2.24, 2.45) is 7.05 Å². The molecule has 1 aromatic heterocycles. The summed E-state index contributed by atoms with van der Waals surface area (Å²) in [4.78, 5) is 0.392. The van der Waals surface area contributed by atoms with Crippen molar-refractivity contribution in [1.82, 2.24) is 14.8 Å². The van der Waals surface area contributed by atoms with E-state index in [0.29, 0.717) is 15.6 Å². The number of aliphatic hydroxyl groups is 1. The second-order valence-corrected chi connectivity index (χ2v) is 5.00. The second-order valence-electron chi connectivity index (χ2n) is 4.03. The predicted molar refractivity (Wildman–Crippen MR) is 66.9 cm³/mol. The van der Waals surface area contributed by atoms with Crippen LogP contribution in [-0.4, -0.2) is 19.9 Å². The molecule has 0 aliphatic rings. The number of aromatic nitrogens is 3. The number of aryl methyl sites for hydroxylation is 1. The predicted octanol–water partition coefficient (Wildman–Crippen LogP) is 2.47. The third-order valence-electron chi connectivity index (χ3n) is 2.69. The Morgan fingerprint density at radius 3 is 2.67 bits per heavy atom. The van der Waals surface area contributed by atoms with Gasteiger partial charge in [-0.15, -0.1) is 10.2 Å². The average molecular weight is 267 g/mol. The summed E-state index contributed by atoms with van der Waals surface area (Å²) in [5, 5.41) is 18.2. The van der Waals surface area contributed by atoms with Gasteiger partial charge in [-0.25, -0.2) is 4.39 Å². The van der Waals surface area contributed by atoms with Crippen molar-refractivity contribution >= 4 is 11.8 Å². The lowest BCUT2D eigenvalue weighted by atomic mass is 10.1. The van der Waals surface area contributed by atoms with E-state index < -0.39 is 6.10 Å². The summed E-state index contributed by atoms with van der Waals surface area (Å²) in [7, 11) is 1.82. The quantitative estimate of drug-likeness (QED) is 0.928. The molecule has 6 heteroatoms. The van der Waals surface area contributed by atoms with Crippen LogP contribution in [0.5, 0.6) is 0 Å². The van der Waals surface area contributed by atoms with Crippen LogP contribution in [0, 0.1) is 12.7 Å². The van der Waals surface area contributed by atoms with Gasteiger partial charge < -0.3 is 9.67 Å². The Morgan fingerprint density at radius 2 is 2.11 bits per heavy atom. The SMILES string of the molecule is Cc1nnc(Sc2c(F)cccc2C(C)O)n1C. The van der Waals surface area contributed by atoms with Crippen molar-refractivity contribution in [2.75, 3.05) is 0 Å². The molecule has 2 aromatic rings. The van der Waals surface area contributed by atoms with Crippen LogP contribution in [0.4, 0.5) is 4.39 Å². The van der Waals surface area contributed by atoms with Gasteiger partial charge in [-0.3, -0.25) is 0 Å². The molecule has 0 saturated heterocycles. The summed E-state index contributed by atoms with van der Waals surface area (Å²) >= 11 is 1.17. The molecule has 0 aliphatic carbocycles. The third kappa shape index (κ3) is 2.39. The average Bonchev–Trinajstić information content (AvgIpc) is 2.63. The van der Waals surface area contributed by atoms with Gasteiger partial charge in [0.05, 0.1) is 11.0 Å². The highest BCUT2D eigenvalue weighted by Crippen LogP contribution is 2.34. The van der Waals surface area contributed by atoms with E-state index >= 15 is 0 Å². The van der Waals surface area contributed by atoms with Crippen LogP contribution in [0.2, 0.25) is 0 Å². The molecule has 0 saturated carbocycles. The topological polar surface area (TPSA) is 50.9 Å². The Labute approximate surface area is 109 Å². The first-order chi connectivity index (χ1) is 8.50. The van der Waals surface area contributed by atoms with Crippen LogP contribution in [0.25, 0.3) is 0 Å². The molecule has 18 heavy (non-hydrogen) atoms. The number of rotatable bonds is 3. The fourth-order valence-electron chi connectivity index (χ4n) is 1.53. The molecule has 1 atom stereocenters. The molecule has 0 bridgehead atoms. The second kappa shape index (κ2) is 5.07. The molecule has 0 fully saturated rings. The first-order valence-electron chi connectivity index (χ1n) is 5.51. The minimum atomic E-state index is -0.725. The molecular weight excluding hydrogens is 253 g/mol. The third-order valence-corrected chi connectivity index (χ3v) is 3.87. The molecule has 0 aliphatic heterocycles. The number of benzene rings is 1. The normalized spacial score (nSPS) is 12.7. The van der Waals surface area contributed by atoms with Crippen LogP contribution in [0.1, 0.15) is 24.4 Å². The van der Waals surface area contributed by atoms with Crippen molar-refractivity contribution in [3.05, 3.63) is 35.4 Å². The lowest BCUT2D eigenvalue weighted by Gasteiger charge is -2.11. The maximum atomic E-state index is 13.8. The number of hydrogen-bond donors (Lipinski definition) is 1. The summed E-state index contributed by atoms with van der Waals surface area (Å²) in [6, 6.07) is 4.67. The van der Waals surface area contributed by atoms with Crippen molar-refractivity contribution in [1.29, 1.82) is 0 Å². The first kappa shape index (κ1) is 13.0. The highest BCUT2D eigenvalue weighted by molar-refractivity contribution is 7.99. The fraction of sp³-hybridized carbons (Fsp3) is 0.333. The minimum absolute atomic E-state index is 0.362. The molecule has 1 unspecified atom stereocenters. The van der Waals surface area contributed by atoms with Gasteiger partial charge in [-0.2, -0.15) is 0 Å². The Kier molecular flexibility index (Phi) is 3.68. The molecule has 1 N–H and O–H groups in total. The van der Waals surface area contributed by atoms with E-state index in [4.69, 9.17) is 0 Å². The maximum absolute atomic E-state index is 13.8. The largest absolute Gasteiger partial charge is 0.389 e. The van der Waals surface area contributed by atoms with Crippen molar-refractivity contribution in [3.8, 4) is 0 Å². The zero-order valence-electron chi connectivity index (χ0n) is 10.4. The number of aliphatic hydroxyl groups excluding tert-OH is 1. The van der Waals surface area contributed by atoms with Crippen molar-refractivity contribution in [3.63, 3.8) is 0 Å². The van der Waals surface area contributed by atoms with E-state index in [-0.39, 0.29) is 5.82 Å². The van der Waals surface area contributed by atoms with E-state index in [1.165, 1.54) is 17.8 Å². The molecule has 0 radical (unpaired) electrons. The summed E-state index contributed by atoms with van der Waals surface area (Å²) in [6.45, 7) is 3.44. The Bertz CT molecular complexity index is 568. The Morgan fingerprint density at radius 1 is 1.39 bits per heavy atom. The highest BCUT2D eigenvalue weighted by Gasteiger charge is 2.16. The maximum Gasteiger partial charge on any atom is 0.195 e. The molecule has 2 rings (SSSR count). The minimum Gasteiger partial charge on any atom is -0.389 e. The lowest BCUT2D eigenvalue weighted by Crippen LogP contribution is -1.99. The van der Waals surface area contributed by atoms with E-state index in [1.54, 1.807) is 23.6 Å². The summed E-state index contributed by atoms with van der Waals surface area (Å²) in [6.07, 6.45) is -0.725. The van der Waals surface area contributed by atoms with Gasteiger partial charge in [0.2, 0.25) is 0 Å². The van der Waals surface area contributed by atoms with E-state index in [2.05, 4.69) is 10.2 Å². The molecule has 1 aromatic carbocycles. The Balaban J connectivity index is 2.42. The van der Waals surface area contributed by atoms with Crippen LogP contribution >= 0.6 is 11.8 Å². The van der Waals surface area contributed by atoms with Crippen LogP contribution in [0.3, 0.4) is 0 Å².